The third-order valence-electron chi connectivity index (χ3n) is 3.86. The van der Waals surface area contributed by atoms with Gasteiger partial charge < -0.3 is 19.9 Å². The molecule has 0 radical (unpaired) electrons. The molecule has 0 atom stereocenters. The number of aryl methyl sites for hydroxylation is 1. The van der Waals surface area contributed by atoms with Crippen LogP contribution in [-0.2, 0) is 0 Å². The lowest BCUT2D eigenvalue weighted by Crippen LogP contribution is -2.00. The average molecular weight is 325 g/mol. The van der Waals surface area contributed by atoms with Gasteiger partial charge in [-0.05, 0) is 30.7 Å². The molecule has 1 aromatic heterocycles. The van der Waals surface area contributed by atoms with Crippen LogP contribution in [0.5, 0.6) is 17.2 Å². The first-order valence-electron chi connectivity index (χ1n) is 7.42. The fraction of sp³-hybridized carbons (Fsp3) is 0.222. The topological polar surface area (TPSA) is 79.5 Å². The number of nitrogens with two attached hydrogens (primary N) is 1. The van der Waals surface area contributed by atoms with Crippen molar-refractivity contribution in [2.24, 2.45) is 0 Å². The van der Waals surface area contributed by atoms with Crippen LogP contribution < -0.4 is 19.9 Å². The van der Waals surface area contributed by atoms with Crippen molar-refractivity contribution >= 4 is 16.7 Å². The van der Waals surface area contributed by atoms with Crippen molar-refractivity contribution in [2.75, 3.05) is 27.1 Å². The Morgan fingerprint density at radius 3 is 2.25 bits per heavy atom. The largest absolute Gasteiger partial charge is 0.493 e. The highest BCUT2D eigenvalue weighted by molar-refractivity contribution is 6.02. The molecule has 0 unspecified atom stereocenters. The highest BCUT2D eigenvalue weighted by atomic mass is 16.5. The van der Waals surface area contributed by atoms with E-state index >= 15 is 0 Å². The third-order valence-corrected chi connectivity index (χ3v) is 3.86. The SMILES string of the molecule is COc1ccc(-c2cccc3nc(C)nc(N)c23)c(OC)c1OC. The second-order valence-electron chi connectivity index (χ2n) is 5.24. The summed E-state index contributed by atoms with van der Waals surface area (Å²) in [5.41, 5.74) is 8.66. The van der Waals surface area contributed by atoms with Crippen LogP contribution in [-0.4, -0.2) is 31.3 Å². The van der Waals surface area contributed by atoms with E-state index in [4.69, 9.17) is 19.9 Å². The van der Waals surface area contributed by atoms with E-state index in [1.807, 2.05) is 37.3 Å². The van der Waals surface area contributed by atoms with E-state index in [0.717, 1.165) is 22.0 Å². The van der Waals surface area contributed by atoms with E-state index in [9.17, 15) is 0 Å². The molecular weight excluding hydrogens is 306 g/mol. The summed E-state index contributed by atoms with van der Waals surface area (Å²) < 4.78 is 16.4. The molecule has 24 heavy (non-hydrogen) atoms. The van der Waals surface area contributed by atoms with Crippen LogP contribution in [0.3, 0.4) is 0 Å². The Bertz CT molecular complexity index is 910. The molecule has 1 heterocycles. The Morgan fingerprint density at radius 2 is 1.58 bits per heavy atom. The van der Waals surface area contributed by atoms with Crippen molar-refractivity contribution in [1.82, 2.24) is 9.97 Å². The van der Waals surface area contributed by atoms with Crippen LogP contribution in [0, 0.1) is 6.92 Å². The van der Waals surface area contributed by atoms with Crippen molar-refractivity contribution in [3.05, 3.63) is 36.2 Å². The van der Waals surface area contributed by atoms with Gasteiger partial charge >= 0.3 is 0 Å². The van der Waals surface area contributed by atoms with Crippen LogP contribution in [0.1, 0.15) is 5.82 Å². The Labute approximate surface area is 140 Å². The summed E-state index contributed by atoms with van der Waals surface area (Å²) in [4.78, 5) is 8.76. The van der Waals surface area contributed by atoms with Gasteiger partial charge in [0.05, 0.1) is 32.2 Å². The number of hydrogen-bond donors (Lipinski definition) is 1. The smallest absolute Gasteiger partial charge is 0.203 e. The van der Waals surface area contributed by atoms with Gasteiger partial charge in [-0.15, -0.1) is 0 Å². The normalized spacial score (nSPS) is 10.7. The minimum atomic E-state index is 0.435. The molecule has 6 nitrogen and oxygen atoms in total. The van der Waals surface area contributed by atoms with E-state index in [1.165, 1.54) is 0 Å². The summed E-state index contributed by atoms with van der Waals surface area (Å²) in [6.45, 7) is 1.82. The molecule has 0 aliphatic heterocycles. The molecular formula is C18H19N3O3. The second kappa shape index (κ2) is 6.23. The van der Waals surface area contributed by atoms with Crippen LogP contribution in [0.4, 0.5) is 5.82 Å². The first kappa shape index (κ1) is 15.9. The van der Waals surface area contributed by atoms with E-state index in [0.29, 0.717) is 28.9 Å². The zero-order chi connectivity index (χ0) is 17.3. The molecule has 0 saturated carbocycles. The molecule has 6 heteroatoms. The maximum absolute atomic E-state index is 6.17. The summed E-state index contributed by atoms with van der Waals surface area (Å²) >= 11 is 0. The van der Waals surface area contributed by atoms with Crippen molar-refractivity contribution in [1.29, 1.82) is 0 Å². The molecule has 0 saturated heterocycles. The van der Waals surface area contributed by atoms with Gasteiger partial charge in [-0.2, -0.15) is 0 Å². The molecule has 2 N–H and O–H groups in total. The lowest BCUT2D eigenvalue weighted by Gasteiger charge is -2.17. The van der Waals surface area contributed by atoms with Crippen LogP contribution in [0.2, 0.25) is 0 Å². The number of hydrogen-bond acceptors (Lipinski definition) is 6. The van der Waals surface area contributed by atoms with Crippen LogP contribution in [0.15, 0.2) is 30.3 Å². The summed E-state index contributed by atoms with van der Waals surface area (Å²) in [5, 5.41) is 0.786. The highest BCUT2D eigenvalue weighted by Gasteiger charge is 2.19. The quantitative estimate of drug-likeness (QED) is 0.793. The Balaban J connectivity index is 2.36. The molecule has 2 aromatic carbocycles. The predicted octanol–water partition coefficient (Wildman–Crippen LogP) is 3.21. The summed E-state index contributed by atoms with van der Waals surface area (Å²) in [5.74, 6) is 2.77. The maximum Gasteiger partial charge on any atom is 0.203 e. The van der Waals surface area contributed by atoms with Crippen LogP contribution >= 0.6 is 0 Å². The lowest BCUT2D eigenvalue weighted by atomic mass is 9.99. The van der Waals surface area contributed by atoms with Gasteiger partial charge in [-0.25, -0.2) is 9.97 Å². The molecule has 124 valence electrons. The molecule has 3 aromatic rings. The van der Waals surface area contributed by atoms with Gasteiger partial charge in [0.1, 0.15) is 11.6 Å². The predicted molar refractivity (Wildman–Crippen MR) is 93.8 cm³/mol. The van der Waals surface area contributed by atoms with Gasteiger partial charge in [0.25, 0.3) is 0 Å². The van der Waals surface area contributed by atoms with Gasteiger partial charge in [-0.3, -0.25) is 0 Å². The van der Waals surface area contributed by atoms with E-state index in [2.05, 4.69) is 9.97 Å². The molecule has 0 bridgehead atoms. The number of benzene rings is 2. The number of ether oxygens (including phenoxy) is 3. The number of anilines is 1. The van der Waals surface area contributed by atoms with E-state index in [1.54, 1.807) is 21.3 Å². The minimum absolute atomic E-state index is 0.435. The van der Waals surface area contributed by atoms with Crippen molar-refractivity contribution in [2.45, 2.75) is 6.92 Å². The van der Waals surface area contributed by atoms with Crippen molar-refractivity contribution in [3.63, 3.8) is 0 Å². The average Bonchev–Trinajstić information content (AvgIpc) is 2.59. The number of nitrogen functional groups attached to an aromatic ring is 1. The van der Waals surface area contributed by atoms with Crippen molar-refractivity contribution in [3.8, 4) is 28.4 Å². The fourth-order valence-corrected chi connectivity index (χ4v) is 2.87. The first-order chi connectivity index (χ1) is 11.6. The second-order valence-corrected chi connectivity index (χ2v) is 5.24. The molecule has 0 spiro atoms. The van der Waals surface area contributed by atoms with Gasteiger partial charge in [0.15, 0.2) is 11.5 Å². The molecule has 0 amide bonds. The van der Waals surface area contributed by atoms with Crippen LogP contribution in [0.25, 0.3) is 22.0 Å². The Kier molecular flexibility index (Phi) is 4.12. The summed E-state index contributed by atoms with van der Waals surface area (Å²) in [7, 11) is 4.76. The molecule has 0 aliphatic carbocycles. The Morgan fingerprint density at radius 1 is 0.833 bits per heavy atom. The van der Waals surface area contributed by atoms with Gasteiger partial charge in [-0.1, -0.05) is 12.1 Å². The summed E-state index contributed by atoms with van der Waals surface area (Å²) in [6, 6.07) is 9.55. The number of methoxy groups -OCH3 is 3. The van der Waals surface area contributed by atoms with Crippen molar-refractivity contribution < 1.29 is 14.2 Å². The Hall–Kier alpha value is -3.02. The third kappa shape index (κ3) is 2.46. The molecule has 0 aliphatic rings. The zero-order valence-electron chi connectivity index (χ0n) is 14.1. The molecule has 3 rings (SSSR count). The van der Waals surface area contributed by atoms with E-state index < -0.39 is 0 Å². The van der Waals surface area contributed by atoms with E-state index in [-0.39, 0.29) is 0 Å². The number of rotatable bonds is 4. The minimum Gasteiger partial charge on any atom is -0.493 e. The lowest BCUT2D eigenvalue weighted by molar-refractivity contribution is 0.325. The number of nitrogens with zero attached hydrogens (tertiary/aromatic N) is 2. The number of aromatic nitrogens is 2. The van der Waals surface area contributed by atoms with Gasteiger partial charge in [0, 0.05) is 5.56 Å². The monoisotopic (exact) mass is 325 g/mol. The molecule has 0 fully saturated rings. The standard InChI is InChI=1S/C18H19N3O3/c1-10-20-13-7-5-6-11(15(13)18(19)21-10)12-8-9-14(22-2)17(24-4)16(12)23-3/h5-9H,1-4H3,(H2,19,20,21). The van der Waals surface area contributed by atoms with Gasteiger partial charge in [0.2, 0.25) is 5.75 Å². The zero-order valence-corrected chi connectivity index (χ0v) is 14.1. The number of fused-ring (bicyclic) bond motifs is 1. The fourth-order valence-electron chi connectivity index (χ4n) is 2.87. The highest BCUT2D eigenvalue weighted by Crippen LogP contribution is 2.46. The maximum atomic E-state index is 6.17. The first-order valence-corrected chi connectivity index (χ1v) is 7.42. The summed E-state index contributed by atoms with van der Waals surface area (Å²) in [6.07, 6.45) is 0.